The van der Waals surface area contributed by atoms with E-state index in [1.165, 1.54) is 6.92 Å². The van der Waals surface area contributed by atoms with Crippen molar-refractivity contribution in [2.24, 2.45) is 16.7 Å². The van der Waals surface area contributed by atoms with Crippen molar-refractivity contribution in [3.05, 3.63) is 42.0 Å². The summed E-state index contributed by atoms with van der Waals surface area (Å²) in [5, 5.41) is 3.03. The van der Waals surface area contributed by atoms with Crippen molar-refractivity contribution in [1.82, 2.24) is 0 Å². The lowest BCUT2D eigenvalue weighted by atomic mass is 9.68. The van der Waals surface area contributed by atoms with Crippen LogP contribution in [0.1, 0.15) is 50.4 Å². The molecule has 0 aromatic heterocycles. The second kappa shape index (κ2) is 4.80. The molecule has 2 aliphatic carbocycles. The van der Waals surface area contributed by atoms with Gasteiger partial charge in [0.1, 0.15) is 0 Å². The molecule has 3 heteroatoms. The van der Waals surface area contributed by atoms with Gasteiger partial charge in [-0.1, -0.05) is 26.0 Å². The second-order valence-corrected chi connectivity index (χ2v) is 7.31. The number of hydrogen-bond donors (Lipinski definition) is 1. The zero-order chi connectivity index (χ0) is 16.1. The predicted molar refractivity (Wildman–Crippen MR) is 87.8 cm³/mol. The molecule has 1 amide bonds. The first-order valence-corrected chi connectivity index (χ1v) is 7.90. The lowest BCUT2D eigenvalue weighted by Gasteiger charge is -2.37. The summed E-state index contributed by atoms with van der Waals surface area (Å²) < 4.78 is 0. The van der Waals surface area contributed by atoms with Gasteiger partial charge in [0.2, 0.25) is 5.91 Å². The van der Waals surface area contributed by atoms with Gasteiger partial charge in [0, 0.05) is 11.3 Å². The Balaban J connectivity index is 1.80. The van der Waals surface area contributed by atoms with E-state index in [2.05, 4.69) is 25.7 Å². The van der Waals surface area contributed by atoms with Crippen LogP contribution in [-0.2, 0) is 4.79 Å². The highest BCUT2D eigenvalue weighted by Gasteiger charge is 2.60. The van der Waals surface area contributed by atoms with Gasteiger partial charge in [0.25, 0.3) is 0 Å². The van der Waals surface area contributed by atoms with Crippen molar-refractivity contribution in [1.29, 1.82) is 0 Å². The summed E-state index contributed by atoms with van der Waals surface area (Å²) in [6.07, 6.45) is 2.91. The van der Waals surface area contributed by atoms with Gasteiger partial charge in [-0.05, 0) is 61.8 Å². The van der Waals surface area contributed by atoms with Crippen LogP contribution in [0.25, 0.3) is 0 Å². The van der Waals surface area contributed by atoms with E-state index in [-0.39, 0.29) is 17.1 Å². The van der Waals surface area contributed by atoms with E-state index in [0.29, 0.717) is 11.5 Å². The highest BCUT2D eigenvalue weighted by atomic mass is 16.2. The van der Waals surface area contributed by atoms with E-state index >= 15 is 0 Å². The fourth-order valence-corrected chi connectivity index (χ4v) is 4.18. The highest BCUT2D eigenvalue weighted by molar-refractivity contribution is 5.99. The average Bonchev–Trinajstić information content (AvgIpc) is 3.00. The maximum Gasteiger partial charge on any atom is 0.234 e. The number of nitrogens with one attached hydrogen (secondary N) is 1. The molecule has 2 atom stereocenters. The van der Waals surface area contributed by atoms with E-state index in [9.17, 15) is 9.59 Å². The smallest absolute Gasteiger partial charge is 0.234 e. The van der Waals surface area contributed by atoms with Crippen molar-refractivity contribution in [3.8, 4) is 0 Å². The molecule has 0 heterocycles. The molecule has 1 aromatic carbocycles. The van der Waals surface area contributed by atoms with E-state index < -0.39 is 5.41 Å². The number of ketones is 1. The zero-order valence-corrected chi connectivity index (χ0v) is 13.5. The van der Waals surface area contributed by atoms with Gasteiger partial charge in [-0.25, -0.2) is 0 Å². The largest absolute Gasteiger partial charge is 0.325 e. The summed E-state index contributed by atoms with van der Waals surface area (Å²) in [6.45, 7) is 10.2. The number of anilines is 1. The quantitative estimate of drug-likeness (QED) is 0.671. The first-order chi connectivity index (χ1) is 10.3. The first-order valence-electron chi connectivity index (χ1n) is 7.90. The van der Waals surface area contributed by atoms with Crippen LogP contribution in [-0.4, -0.2) is 11.7 Å². The van der Waals surface area contributed by atoms with Crippen molar-refractivity contribution in [2.75, 3.05) is 5.32 Å². The van der Waals surface area contributed by atoms with E-state index in [0.717, 1.165) is 30.5 Å². The molecule has 0 radical (unpaired) electrons. The summed E-state index contributed by atoms with van der Waals surface area (Å²) in [6, 6.07) is 7.09. The summed E-state index contributed by atoms with van der Waals surface area (Å²) in [4.78, 5) is 24.2. The Bertz CT molecular complexity index is 657. The number of amides is 1. The molecular weight excluding hydrogens is 274 g/mol. The maximum absolute atomic E-state index is 12.9. The first kappa shape index (κ1) is 15.0. The van der Waals surface area contributed by atoms with Crippen molar-refractivity contribution in [2.45, 2.75) is 40.0 Å². The molecule has 2 aliphatic rings. The Labute approximate surface area is 131 Å². The Kier molecular flexibility index (Phi) is 3.28. The summed E-state index contributed by atoms with van der Waals surface area (Å²) in [7, 11) is 0. The van der Waals surface area contributed by atoms with E-state index in [1.807, 2.05) is 0 Å². The van der Waals surface area contributed by atoms with Crippen LogP contribution in [0.3, 0.4) is 0 Å². The topological polar surface area (TPSA) is 46.2 Å². The van der Waals surface area contributed by atoms with Crippen LogP contribution in [0.4, 0.5) is 5.69 Å². The molecular formula is C19H23NO2. The molecule has 3 nitrogen and oxygen atoms in total. The molecule has 1 unspecified atom stereocenters. The van der Waals surface area contributed by atoms with Crippen LogP contribution in [0.2, 0.25) is 0 Å². The highest BCUT2D eigenvalue weighted by Crippen LogP contribution is 2.65. The number of benzene rings is 1. The van der Waals surface area contributed by atoms with Crippen LogP contribution < -0.4 is 5.32 Å². The third kappa shape index (κ3) is 2.03. The van der Waals surface area contributed by atoms with Crippen molar-refractivity contribution < 1.29 is 9.59 Å². The Morgan fingerprint density at radius 3 is 2.36 bits per heavy atom. The second-order valence-electron chi connectivity index (χ2n) is 7.31. The van der Waals surface area contributed by atoms with Crippen molar-refractivity contribution in [3.63, 3.8) is 0 Å². The van der Waals surface area contributed by atoms with Crippen LogP contribution >= 0.6 is 0 Å². The summed E-state index contributed by atoms with van der Waals surface area (Å²) in [5.74, 6) is 0.646. The summed E-state index contributed by atoms with van der Waals surface area (Å²) >= 11 is 0. The van der Waals surface area contributed by atoms with Crippen LogP contribution in [0.15, 0.2) is 36.4 Å². The van der Waals surface area contributed by atoms with Gasteiger partial charge in [0.05, 0.1) is 5.41 Å². The lowest BCUT2D eigenvalue weighted by Crippen LogP contribution is -2.37. The fourth-order valence-electron chi connectivity index (χ4n) is 4.18. The Morgan fingerprint density at radius 2 is 1.86 bits per heavy atom. The van der Waals surface area contributed by atoms with Gasteiger partial charge in [0.15, 0.2) is 5.78 Å². The van der Waals surface area contributed by atoms with Crippen LogP contribution in [0, 0.1) is 16.7 Å². The molecule has 1 N–H and O–H groups in total. The Morgan fingerprint density at radius 1 is 1.23 bits per heavy atom. The zero-order valence-electron chi connectivity index (χ0n) is 13.5. The SMILES string of the molecule is C=C1C(C)(C)C2CC[C@@]1(C(=O)Nc1ccc(C(C)=O)cc1)C2. The maximum atomic E-state index is 12.9. The molecule has 1 aromatic rings. The average molecular weight is 297 g/mol. The van der Waals surface area contributed by atoms with Gasteiger partial charge in [-0.15, -0.1) is 0 Å². The van der Waals surface area contributed by atoms with Crippen LogP contribution in [0.5, 0.6) is 0 Å². The molecule has 0 aliphatic heterocycles. The number of carbonyl (C=O) groups excluding carboxylic acids is 2. The molecule has 0 spiro atoms. The number of fused-ring (bicyclic) bond motifs is 2. The molecule has 3 rings (SSSR count). The Hall–Kier alpha value is -1.90. The molecule has 22 heavy (non-hydrogen) atoms. The number of rotatable bonds is 3. The van der Waals surface area contributed by atoms with Gasteiger partial charge < -0.3 is 5.32 Å². The molecule has 116 valence electrons. The minimum absolute atomic E-state index is 0.0287. The monoisotopic (exact) mass is 297 g/mol. The third-order valence-corrected chi connectivity index (χ3v) is 5.87. The predicted octanol–water partition coefficient (Wildman–Crippen LogP) is 4.21. The number of Topliss-reactive ketones (excluding diaryl/α,β-unsaturated/α-hetero) is 1. The fraction of sp³-hybridized carbons (Fsp3) is 0.474. The number of hydrogen-bond acceptors (Lipinski definition) is 2. The number of carbonyl (C=O) groups is 2. The third-order valence-electron chi connectivity index (χ3n) is 5.87. The van der Waals surface area contributed by atoms with E-state index in [4.69, 9.17) is 0 Å². The van der Waals surface area contributed by atoms with Gasteiger partial charge in [-0.3, -0.25) is 9.59 Å². The van der Waals surface area contributed by atoms with E-state index in [1.54, 1.807) is 24.3 Å². The summed E-state index contributed by atoms with van der Waals surface area (Å²) in [5.41, 5.74) is 2.12. The minimum atomic E-state index is -0.409. The van der Waals surface area contributed by atoms with Crippen molar-refractivity contribution >= 4 is 17.4 Å². The lowest BCUT2D eigenvalue weighted by molar-refractivity contribution is -0.123. The van der Waals surface area contributed by atoms with Gasteiger partial charge in [-0.2, -0.15) is 0 Å². The molecule has 2 bridgehead atoms. The minimum Gasteiger partial charge on any atom is -0.325 e. The normalized spacial score (nSPS) is 28.7. The van der Waals surface area contributed by atoms with Gasteiger partial charge >= 0.3 is 0 Å². The molecule has 2 fully saturated rings. The molecule has 0 saturated heterocycles. The molecule has 2 saturated carbocycles. The standard InChI is InChI=1S/C19H23NO2/c1-12(21)14-5-7-16(8-6-14)20-17(22)19-10-9-15(11-19)18(3,4)13(19)2/h5-8,15H,2,9-11H2,1,3-4H3,(H,20,22)/t15?,19-/m1/s1.